The number of amides is 2. The second-order valence-corrected chi connectivity index (χ2v) is 7.47. The van der Waals surface area contributed by atoms with E-state index in [1.807, 2.05) is 11.0 Å². The lowest BCUT2D eigenvalue weighted by atomic mass is 9.97. The van der Waals surface area contributed by atoms with Gasteiger partial charge in [-0.2, -0.15) is 5.26 Å². The van der Waals surface area contributed by atoms with Gasteiger partial charge in [0.15, 0.2) is 0 Å². The van der Waals surface area contributed by atoms with Crippen LogP contribution in [0, 0.1) is 23.1 Å². The smallest absolute Gasteiger partial charge is 0.282 e. The number of anilines is 1. The Morgan fingerprint density at radius 1 is 1.07 bits per heavy atom. The number of hydrogen-bond donors (Lipinski definition) is 1. The lowest BCUT2D eigenvalue weighted by molar-refractivity contribution is -0.120. The molecule has 0 spiro atoms. The molecule has 2 aliphatic heterocycles. The predicted molar refractivity (Wildman–Crippen MR) is 108 cm³/mol. The van der Waals surface area contributed by atoms with Crippen LogP contribution in [0.15, 0.2) is 54.2 Å². The van der Waals surface area contributed by atoms with Crippen LogP contribution >= 0.6 is 0 Å². The molecular formula is C23H20FN3O3. The van der Waals surface area contributed by atoms with E-state index in [2.05, 4.69) is 0 Å². The van der Waals surface area contributed by atoms with Crippen molar-refractivity contribution in [3.63, 3.8) is 0 Å². The molecule has 6 nitrogen and oxygen atoms in total. The minimum Gasteiger partial charge on any atom is -0.396 e. The number of rotatable bonds is 4. The molecule has 0 aromatic heterocycles. The molecule has 7 heteroatoms. The van der Waals surface area contributed by atoms with Gasteiger partial charge in [-0.25, -0.2) is 9.29 Å². The number of aliphatic hydroxyl groups excluding tert-OH is 1. The summed E-state index contributed by atoms with van der Waals surface area (Å²) >= 11 is 0. The van der Waals surface area contributed by atoms with E-state index in [4.69, 9.17) is 5.26 Å². The number of piperidine rings is 1. The zero-order chi connectivity index (χ0) is 21.3. The topological polar surface area (TPSA) is 84.6 Å². The second kappa shape index (κ2) is 8.09. The zero-order valence-corrected chi connectivity index (χ0v) is 16.2. The van der Waals surface area contributed by atoms with Gasteiger partial charge < -0.3 is 10.0 Å². The predicted octanol–water partition coefficient (Wildman–Crippen LogP) is 2.69. The van der Waals surface area contributed by atoms with Crippen molar-refractivity contribution in [2.24, 2.45) is 5.92 Å². The highest BCUT2D eigenvalue weighted by molar-refractivity contribution is 6.45. The van der Waals surface area contributed by atoms with Gasteiger partial charge in [-0.1, -0.05) is 12.1 Å². The van der Waals surface area contributed by atoms with E-state index >= 15 is 0 Å². The second-order valence-electron chi connectivity index (χ2n) is 7.47. The number of aliphatic hydroxyl groups is 1. The monoisotopic (exact) mass is 405 g/mol. The summed E-state index contributed by atoms with van der Waals surface area (Å²) in [5, 5.41) is 18.6. The van der Waals surface area contributed by atoms with Gasteiger partial charge in [0.25, 0.3) is 11.8 Å². The van der Waals surface area contributed by atoms with Crippen LogP contribution in [0.1, 0.15) is 24.0 Å². The molecule has 152 valence electrons. The van der Waals surface area contributed by atoms with Crippen molar-refractivity contribution >= 4 is 23.1 Å². The number of halogens is 1. The Morgan fingerprint density at radius 3 is 2.40 bits per heavy atom. The first-order valence-electron chi connectivity index (χ1n) is 9.78. The van der Waals surface area contributed by atoms with E-state index in [0.717, 1.165) is 17.7 Å². The average molecular weight is 405 g/mol. The Kier molecular flexibility index (Phi) is 5.34. The molecule has 0 aliphatic carbocycles. The van der Waals surface area contributed by atoms with Crippen molar-refractivity contribution in [3.8, 4) is 6.07 Å². The minimum absolute atomic E-state index is 0.0110. The van der Waals surface area contributed by atoms with Crippen LogP contribution in [0.4, 0.5) is 10.1 Å². The highest BCUT2D eigenvalue weighted by atomic mass is 19.1. The molecule has 2 heterocycles. The number of carbonyl (C=O) groups is 2. The molecule has 1 unspecified atom stereocenters. The van der Waals surface area contributed by atoms with E-state index in [9.17, 15) is 19.1 Å². The van der Waals surface area contributed by atoms with Gasteiger partial charge in [0, 0.05) is 19.7 Å². The molecule has 2 amide bonds. The molecule has 30 heavy (non-hydrogen) atoms. The standard InChI is InChI=1S/C23H20FN3O3/c24-18-7-5-17(6-8-18)20-21(26-11-1-2-16(13-26)14-28)23(30)27(22(20)29)19-9-3-15(12-25)4-10-19/h3-10,16,28H,1-2,11,13-14H2. The maximum absolute atomic E-state index is 13.5. The molecule has 2 aliphatic rings. The van der Waals surface area contributed by atoms with Gasteiger partial charge in [0.05, 0.1) is 22.9 Å². The van der Waals surface area contributed by atoms with Crippen LogP contribution in [-0.2, 0) is 9.59 Å². The Hall–Kier alpha value is -3.50. The molecule has 4 rings (SSSR count). The molecule has 1 fully saturated rings. The normalized spacial score (nSPS) is 19.4. The largest absolute Gasteiger partial charge is 0.396 e. The molecule has 1 saturated heterocycles. The van der Waals surface area contributed by atoms with Gasteiger partial charge in [-0.3, -0.25) is 9.59 Å². The highest BCUT2D eigenvalue weighted by Gasteiger charge is 2.43. The summed E-state index contributed by atoms with van der Waals surface area (Å²) in [6.07, 6.45) is 1.65. The molecule has 2 aromatic rings. The fraction of sp³-hybridized carbons (Fsp3) is 0.261. The first kappa shape index (κ1) is 19.8. The molecule has 1 N–H and O–H groups in total. The third kappa shape index (κ3) is 3.46. The Bertz CT molecular complexity index is 1050. The Balaban J connectivity index is 1.79. The first-order valence-corrected chi connectivity index (χ1v) is 9.78. The van der Waals surface area contributed by atoms with Crippen LogP contribution in [0.5, 0.6) is 0 Å². The fourth-order valence-corrected chi connectivity index (χ4v) is 4.03. The maximum Gasteiger partial charge on any atom is 0.282 e. The maximum atomic E-state index is 13.5. The lowest BCUT2D eigenvalue weighted by Crippen LogP contribution is -2.40. The zero-order valence-electron chi connectivity index (χ0n) is 16.2. The quantitative estimate of drug-likeness (QED) is 0.791. The van der Waals surface area contributed by atoms with Crippen molar-refractivity contribution in [1.82, 2.24) is 4.90 Å². The Labute approximate surface area is 173 Å². The molecule has 0 saturated carbocycles. The molecule has 1 atom stereocenters. The summed E-state index contributed by atoms with van der Waals surface area (Å²) in [6, 6.07) is 13.7. The van der Waals surface area contributed by atoms with Gasteiger partial charge in [0.2, 0.25) is 0 Å². The summed E-state index contributed by atoms with van der Waals surface area (Å²) < 4.78 is 13.5. The summed E-state index contributed by atoms with van der Waals surface area (Å²) in [4.78, 5) is 29.7. The van der Waals surface area contributed by atoms with Gasteiger partial charge in [-0.05, 0) is 60.7 Å². The minimum atomic E-state index is -0.488. The fourth-order valence-electron chi connectivity index (χ4n) is 4.03. The van der Waals surface area contributed by atoms with Gasteiger partial charge >= 0.3 is 0 Å². The summed E-state index contributed by atoms with van der Waals surface area (Å²) in [7, 11) is 0. The van der Waals surface area contributed by atoms with E-state index in [0.29, 0.717) is 29.9 Å². The van der Waals surface area contributed by atoms with Crippen LogP contribution in [0.2, 0.25) is 0 Å². The van der Waals surface area contributed by atoms with Crippen molar-refractivity contribution in [2.75, 3.05) is 24.6 Å². The van der Waals surface area contributed by atoms with E-state index in [1.165, 1.54) is 24.3 Å². The summed E-state index contributed by atoms with van der Waals surface area (Å²) in [6.45, 7) is 1.07. The van der Waals surface area contributed by atoms with Crippen LogP contribution in [-0.4, -0.2) is 41.5 Å². The molecule has 0 bridgehead atoms. The lowest BCUT2D eigenvalue weighted by Gasteiger charge is -2.34. The first-order chi connectivity index (χ1) is 14.5. The summed E-state index contributed by atoms with van der Waals surface area (Å²) in [5.74, 6) is -1.35. The van der Waals surface area contributed by atoms with E-state index in [-0.39, 0.29) is 23.8 Å². The highest BCUT2D eigenvalue weighted by Crippen LogP contribution is 2.36. The van der Waals surface area contributed by atoms with Crippen molar-refractivity contribution in [1.29, 1.82) is 5.26 Å². The average Bonchev–Trinajstić information content (AvgIpc) is 3.04. The summed E-state index contributed by atoms with van der Waals surface area (Å²) in [5.41, 5.74) is 1.75. The van der Waals surface area contributed by atoms with Gasteiger partial charge in [0.1, 0.15) is 11.5 Å². The van der Waals surface area contributed by atoms with Crippen LogP contribution in [0.25, 0.3) is 5.57 Å². The number of hydrogen-bond acceptors (Lipinski definition) is 5. The van der Waals surface area contributed by atoms with Crippen LogP contribution < -0.4 is 4.90 Å². The van der Waals surface area contributed by atoms with E-state index in [1.54, 1.807) is 24.3 Å². The third-order valence-electron chi connectivity index (χ3n) is 5.54. The molecular weight excluding hydrogens is 385 g/mol. The van der Waals surface area contributed by atoms with Gasteiger partial charge in [-0.15, -0.1) is 0 Å². The Morgan fingerprint density at radius 2 is 1.77 bits per heavy atom. The number of likely N-dealkylation sites (tertiary alicyclic amines) is 1. The number of benzene rings is 2. The van der Waals surface area contributed by atoms with Crippen molar-refractivity contribution in [2.45, 2.75) is 12.8 Å². The number of nitrogens with zero attached hydrogens (tertiary/aromatic N) is 3. The molecule has 2 aromatic carbocycles. The molecule has 0 radical (unpaired) electrons. The van der Waals surface area contributed by atoms with Crippen LogP contribution in [0.3, 0.4) is 0 Å². The number of carbonyl (C=O) groups excluding carboxylic acids is 2. The van der Waals surface area contributed by atoms with Crippen molar-refractivity contribution < 1.29 is 19.1 Å². The third-order valence-corrected chi connectivity index (χ3v) is 5.54. The van der Waals surface area contributed by atoms with Crippen molar-refractivity contribution in [3.05, 3.63) is 71.2 Å². The number of nitriles is 1. The SMILES string of the molecule is N#Cc1ccc(N2C(=O)C(c3ccc(F)cc3)=C(N3CCCC(CO)C3)C2=O)cc1. The number of imide groups is 1. The van der Waals surface area contributed by atoms with E-state index < -0.39 is 17.6 Å².